The first kappa shape index (κ1) is 24.3. The molecule has 1 aliphatic heterocycles. The third-order valence-corrected chi connectivity index (χ3v) is 5.40. The molecule has 1 fully saturated rings. The van der Waals surface area contributed by atoms with Gasteiger partial charge in [0.15, 0.2) is 0 Å². The second-order valence-electron chi connectivity index (χ2n) is 8.85. The maximum atomic E-state index is 12.7. The van der Waals surface area contributed by atoms with Gasteiger partial charge in [0.2, 0.25) is 0 Å². The summed E-state index contributed by atoms with van der Waals surface area (Å²) in [6.45, 7) is 9.07. The number of aryl methyl sites for hydroxylation is 1. The number of amides is 2. The van der Waals surface area contributed by atoms with Crippen molar-refractivity contribution in [1.82, 2.24) is 4.90 Å². The number of carbonyl (C=O) groups is 2. The van der Waals surface area contributed by atoms with E-state index >= 15 is 0 Å². The fourth-order valence-electron chi connectivity index (χ4n) is 3.40. The summed E-state index contributed by atoms with van der Waals surface area (Å²) < 4.78 is 5.42. The minimum Gasteiger partial charge on any atom is -0.444 e. The molecule has 9 nitrogen and oxygen atoms in total. The third-order valence-electron chi connectivity index (χ3n) is 5.10. The van der Waals surface area contributed by atoms with Crippen LogP contribution in [-0.2, 0) is 4.74 Å². The van der Waals surface area contributed by atoms with Gasteiger partial charge in [-0.15, -0.1) is 0 Å². The predicted octanol–water partition coefficient (Wildman–Crippen LogP) is 4.87. The topological polar surface area (TPSA) is 105 Å². The molecule has 0 radical (unpaired) electrons. The standard InChI is InChI=1S/C23H27ClN4O5/c1-15-5-7-16(8-6-15)21(29)25-18-14-19(17(24)13-20(18)28(31)32)26-9-11-27(12-10-26)22(30)33-23(2,3)4/h5-8,13-14H,9-12H2,1-4H3,(H,25,29). The Hall–Kier alpha value is -3.33. The van der Waals surface area contributed by atoms with Crippen LogP contribution in [-0.4, -0.2) is 53.6 Å². The largest absolute Gasteiger partial charge is 0.444 e. The zero-order valence-corrected chi connectivity index (χ0v) is 19.8. The van der Waals surface area contributed by atoms with Gasteiger partial charge in [-0.05, 0) is 45.9 Å². The zero-order chi connectivity index (χ0) is 24.3. The summed E-state index contributed by atoms with van der Waals surface area (Å²) in [6.07, 6.45) is -0.386. The van der Waals surface area contributed by atoms with E-state index in [0.717, 1.165) is 5.56 Å². The number of nitro groups is 1. The summed E-state index contributed by atoms with van der Waals surface area (Å²) in [5.74, 6) is -0.457. The van der Waals surface area contributed by atoms with Crippen LogP contribution in [0.15, 0.2) is 36.4 Å². The number of nitrogens with zero attached hydrogens (tertiary/aromatic N) is 3. The number of benzene rings is 2. The molecule has 10 heteroatoms. The molecule has 2 amide bonds. The smallest absolute Gasteiger partial charge is 0.410 e. The molecular formula is C23H27ClN4O5. The van der Waals surface area contributed by atoms with Gasteiger partial charge in [-0.2, -0.15) is 0 Å². The Balaban J connectivity index is 1.79. The van der Waals surface area contributed by atoms with Gasteiger partial charge < -0.3 is 19.9 Å². The molecular weight excluding hydrogens is 448 g/mol. The highest BCUT2D eigenvalue weighted by atomic mass is 35.5. The van der Waals surface area contributed by atoms with Crippen molar-refractivity contribution in [2.24, 2.45) is 0 Å². The Labute approximate surface area is 197 Å². The number of carbonyl (C=O) groups excluding carboxylic acids is 2. The minimum absolute atomic E-state index is 0.0551. The Morgan fingerprint density at radius 3 is 2.24 bits per heavy atom. The Morgan fingerprint density at radius 1 is 1.09 bits per heavy atom. The minimum atomic E-state index is -0.583. The van der Waals surface area contributed by atoms with E-state index in [-0.39, 0.29) is 22.5 Å². The van der Waals surface area contributed by atoms with Crippen LogP contribution >= 0.6 is 11.6 Å². The number of halogens is 1. The number of hydrogen-bond acceptors (Lipinski definition) is 6. The van der Waals surface area contributed by atoms with E-state index in [0.29, 0.717) is 37.4 Å². The lowest BCUT2D eigenvalue weighted by Crippen LogP contribution is -2.50. The van der Waals surface area contributed by atoms with Crippen molar-refractivity contribution in [3.8, 4) is 0 Å². The van der Waals surface area contributed by atoms with Crippen LogP contribution in [0.2, 0.25) is 5.02 Å². The van der Waals surface area contributed by atoms with Crippen LogP contribution in [0, 0.1) is 17.0 Å². The molecule has 1 aliphatic rings. The first-order valence-electron chi connectivity index (χ1n) is 10.5. The van der Waals surface area contributed by atoms with Crippen LogP contribution in [0.5, 0.6) is 0 Å². The molecule has 0 aliphatic carbocycles. The lowest BCUT2D eigenvalue weighted by atomic mass is 10.1. The van der Waals surface area contributed by atoms with E-state index in [9.17, 15) is 19.7 Å². The summed E-state index contributed by atoms with van der Waals surface area (Å²) >= 11 is 6.37. The summed E-state index contributed by atoms with van der Waals surface area (Å²) in [7, 11) is 0. The lowest BCUT2D eigenvalue weighted by Gasteiger charge is -2.37. The van der Waals surface area contributed by atoms with E-state index in [2.05, 4.69) is 5.32 Å². The van der Waals surface area contributed by atoms with Gasteiger partial charge in [0, 0.05) is 37.8 Å². The highest BCUT2D eigenvalue weighted by Gasteiger charge is 2.28. The number of hydrogen-bond donors (Lipinski definition) is 1. The molecule has 1 saturated heterocycles. The predicted molar refractivity (Wildman–Crippen MR) is 127 cm³/mol. The zero-order valence-electron chi connectivity index (χ0n) is 19.1. The van der Waals surface area contributed by atoms with Gasteiger partial charge in [0.25, 0.3) is 11.6 Å². The van der Waals surface area contributed by atoms with Crippen molar-refractivity contribution < 1.29 is 19.2 Å². The highest BCUT2D eigenvalue weighted by Crippen LogP contribution is 2.37. The van der Waals surface area contributed by atoms with Crippen LogP contribution in [0.3, 0.4) is 0 Å². The molecule has 1 N–H and O–H groups in total. The Bertz CT molecular complexity index is 1060. The monoisotopic (exact) mass is 474 g/mol. The van der Waals surface area contributed by atoms with E-state index in [4.69, 9.17) is 16.3 Å². The summed E-state index contributed by atoms with van der Waals surface area (Å²) in [5, 5.41) is 14.4. The summed E-state index contributed by atoms with van der Waals surface area (Å²) in [4.78, 5) is 39.5. The molecule has 2 aromatic carbocycles. The van der Waals surface area contributed by atoms with Crippen LogP contribution in [0.4, 0.5) is 21.9 Å². The van der Waals surface area contributed by atoms with E-state index in [1.807, 2.05) is 32.6 Å². The summed E-state index contributed by atoms with van der Waals surface area (Å²) in [5.41, 5.74) is 1.11. The Morgan fingerprint density at radius 2 is 1.70 bits per heavy atom. The van der Waals surface area contributed by atoms with Crippen molar-refractivity contribution >= 4 is 40.7 Å². The van der Waals surface area contributed by atoms with Crippen molar-refractivity contribution in [3.63, 3.8) is 0 Å². The van der Waals surface area contributed by atoms with E-state index in [1.165, 1.54) is 12.1 Å². The van der Waals surface area contributed by atoms with Gasteiger partial charge in [0.1, 0.15) is 11.3 Å². The molecule has 1 heterocycles. The summed E-state index contributed by atoms with van der Waals surface area (Å²) in [6, 6.07) is 9.64. The van der Waals surface area contributed by atoms with Crippen molar-refractivity contribution in [3.05, 3.63) is 62.7 Å². The van der Waals surface area contributed by atoms with E-state index in [1.54, 1.807) is 29.2 Å². The highest BCUT2D eigenvalue weighted by molar-refractivity contribution is 6.33. The average Bonchev–Trinajstić information content (AvgIpc) is 2.74. The number of ether oxygens (including phenoxy) is 1. The van der Waals surface area contributed by atoms with Crippen LogP contribution in [0.25, 0.3) is 0 Å². The fraction of sp³-hybridized carbons (Fsp3) is 0.391. The molecule has 0 aromatic heterocycles. The molecule has 176 valence electrons. The van der Waals surface area contributed by atoms with Gasteiger partial charge in [-0.1, -0.05) is 29.3 Å². The van der Waals surface area contributed by atoms with Gasteiger partial charge in [0.05, 0.1) is 15.6 Å². The second-order valence-corrected chi connectivity index (χ2v) is 9.26. The number of nitrogens with one attached hydrogen (secondary N) is 1. The molecule has 0 spiro atoms. The molecule has 0 bridgehead atoms. The normalized spacial score (nSPS) is 14.1. The lowest BCUT2D eigenvalue weighted by molar-refractivity contribution is -0.383. The number of rotatable bonds is 4. The van der Waals surface area contributed by atoms with Crippen molar-refractivity contribution in [2.75, 3.05) is 36.4 Å². The third kappa shape index (κ3) is 6.13. The van der Waals surface area contributed by atoms with Crippen LogP contribution < -0.4 is 10.2 Å². The number of piperazine rings is 1. The van der Waals surface area contributed by atoms with Crippen molar-refractivity contribution in [2.45, 2.75) is 33.3 Å². The van der Waals surface area contributed by atoms with Gasteiger partial charge in [-0.25, -0.2) is 4.79 Å². The molecule has 2 aromatic rings. The SMILES string of the molecule is Cc1ccc(C(=O)Nc2cc(N3CCN(C(=O)OC(C)(C)C)CC3)c(Cl)cc2[N+](=O)[O-])cc1. The molecule has 3 rings (SSSR count). The first-order valence-corrected chi connectivity index (χ1v) is 10.9. The Kier molecular flexibility index (Phi) is 7.12. The maximum absolute atomic E-state index is 12.7. The second kappa shape index (κ2) is 9.66. The maximum Gasteiger partial charge on any atom is 0.410 e. The van der Waals surface area contributed by atoms with Gasteiger partial charge >= 0.3 is 6.09 Å². The van der Waals surface area contributed by atoms with Crippen LogP contribution in [0.1, 0.15) is 36.7 Å². The first-order chi connectivity index (χ1) is 15.4. The molecule has 0 saturated carbocycles. The number of nitro benzene ring substituents is 1. The van der Waals surface area contributed by atoms with Crippen molar-refractivity contribution in [1.29, 1.82) is 0 Å². The quantitative estimate of drug-likeness (QED) is 0.500. The van der Waals surface area contributed by atoms with E-state index < -0.39 is 16.4 Å². The number of anilines is 2. The molecule has 33 heavy (non-hydrogen) atoms. The average molecular weight is 475 g/mol. The fourth-order valence-corrected chi connectivity index (χ4v) is 3.68. The molecule has 0 unspecified atom stereocenters. The van der Waals surface area contributed by atoms with Gasteiger partial charge in [-0.3, -0.25) is 14.9 Å². The molecule has 0 atom stereocenters.